The maximum atomic E-state index is 5.87. The molecule has 0 radical (unpaired) electrons. The van der Waals surface area contributed by atoms with Crippen LogP contribution in [0.2, 0.25) is 0 Å². The summed E-state index contributed by atoms with van der Waals surface area (Å²) < 4.78 is 8.87. The molecule has 1 saturated heterocycles. The molecule has 124 valence electrons. The number of ether oxygens (including phenoxy) is 1. The minimum absolute atomic E-state index is 0.0461. The number of hydrogen-bond donors (Lipinski definition) is 1. The van der Waals surface area contributed by atoms with Crippen LogP contribution in [-0.4, -0.2) is 21.4 Å². The van der Waals surface area contributed by atoms with Gasteiger partial charge in [0, 0.05) is 34.0 Å². The first-order chi connectivity index (χ1) is 11.7. The van der Waals surface area contributed by atoms with Gasteiger partial charge in [-0.25, -0.2) is 4.68 Å². The maximum absolute atomic E-state index is 5.87. The van der Waals surface area contributed by atoms with Crippen LogP contribution in [0.25, 0.3) is 10.9 Å². The van der Waals surface area contributed by atoms with Crippen LogP contribution in [0.4, 0.5) is 11.4 Å². The number of aryl methyl sites for hydroxylation is 1. The normalized spacial score (nSPS) is 18.0. The van der Waals surface area contributed by atoms with E-state index >= 15 is 0 Å². The molecule has 24 heavy (non-hydrogen) atoms. The molecule has 4 rings (SSSR count). The van der Waals surface area contributed by atoms with E-state index in [1.54, 1.807) is 0 Å². The molecule has 0 aliphatic carbocycles. The van der Waals surface area contributed by atoms with Crippen LogP contribution in [0.5, 0.6) is 0 Å². The zero-order chi connectivity index (χ0) is 16.5. The number of halogens is 1. The Labute approximate surface area is 149 Å². The van der Waals surface area contributed by atoms with Gasteiger partial charge in [0.2, 0.25) is 0 Å². The van der Waals surface area contributed by atoms with Crippen LogP contribution in [0.15, 0.2) is 41.1 Å². The SMILES string of the molecule is Cc1cc(Nc2cc3cnn(C4CCCCO4)c3cc2Br)ccn1. The molecule has 3 aromatic rings. The van der Waals surface area contributed by atoms with Crippen molar-refractivity contribution < 1.29 is 4.74 Å². The van der Waals surface area contributed by atoms with Crippen LogP contribution in [0.1, 0.15) is 31.2 Å². The molecule has 0 spiro atoms. The van der Waals surface area contributed by atoms with E-state index in [0.717, 1.165) is 51.9 Å². The monoisotopic (exact) mass is 386 g/mol. The Morgan fingerprint density at radius 2 is 2.21 bits per heavy atom. The fourth-order valence-corrected chi connectivity index (χ4v) is 3.52. The Morgan fingerprint density at radius 1 is 1.29 bits per heavy atom. The summed E-state index contributed by atoms with van der Waals surface area (Å²) in [5, 5.41) is 9.09. The Bertz CT molecular complexity index is 871. The summed E-state index contributed by atoms with van der Waals surface area (Å²) in [6.45, 7) is 2.80. The summed E-state index contributed by atoms with van der Waals surface area (Å²) in [5.74, 6) is 0. The van der Waals surface area contributed by atoms with Crippen molar-refractivity contribution in [2.45, 2.75) is 32.4 Å². The predicted molar refractivity (Wildman–Crippen MR) is 98.5 cm³/mol. The smallest absolute Gasteiger partial charge is 0.150 e. The number of benzene rings is 1. The van der Waals surface area contributed by atoms with Crippen molar-refractivity contribution in [2.24, 2.45) is 0 Å². The third kappa shape index (κ3) is 3.03. The van der Waals surface area contributed by atoms with Crippen molar-refractivity contribution in [3.05, 3.63) is 46.8 Å². The van der Waals surface area contributed by atoms with Crippen molar-refractivity contribution >= 4 is 38.2 Å². The first kappa shape index (κ1) is 15.6. The zero-order valence-corrected chi connectivity index (χ0v) is 15.1. The zero-order valence-electron chi connectivity index (χ0n) is 13.5. The van der Waals surface area contributed by atoms with Crippen LogP contribution < -0.4 is 5.32 Å². The van der Waals surface area contributed by atoms with Crippen molar-refractivity contribution in [1.82, 2.24) is 14.8 Å². The van der Waals surface area contributed by atoms with E-state index in [-0.39, 0.29) is 6.23 Å². The van der Waals surface area contributed by atoms with Gasteiger partial charge in [-0.1, -0.05) is 0 Å². The van der Waals surface area contributed by atoms with Crippen LogP contribution >= 0.6 is 15.9 Å². The maximum Gasteiger partial charge on any atom is 0.150 e. The third-order valence-corrected chi connectivity index (χ3v) is 4.94. The van der Waals surface area contributed by atoms with E-state index in [9.17, 15) is 0 Å². The van der Waals surface area contributed by atoms with Gasteiger partial charge in [-0.15, -0.1) is 0 Å². The minimum atomic E-state index is 0.0461. The number of rotatable bonds is 3. The van der Waals surface area contributed by atoms with Gasteiger partial charge in [0.25, 0.3) is 0 Å². The molecule has 0 saturated carbocycles. The third-order valence-electron chi connectivity index (χ3n) is 4.29. The van der Waals surface area contributed by atoms with Gasteiger partial charge in [0.1, 0.15) is 0 Å². The second-order valence-corrected chi connectivity index (χ2v) is 6.97. The van der Waals surface area contributed by atoms with Crippen molar-refractivity contribution in [3.8, 4) is 0 Å². The van der Waals surface area contributed by atoms with Gasteiger partial charge in [-0.05, 0) is 66.4 Å². The largest absolute Gasteiger partial charge is 0.356 e. The summed E-state index contributed by atoms with van der Waals surface area (Å²) in [7, 11) is 0. The van der Waals surface area contributed by atoms with Gasteiger partial charge < -0.3 is 10.1 Å². The molecule has 1 fully saturated rings. The molecule has 0 amide bonds. The minimum Gasteiger partial charge on any atom is -0.356 e. The second kappa shape index (κ2) is 6.53. The van der Waals surface area contributed by atoms with Gasteiger partial charge in [-0.3, -0.25) is 4.98 Å². The van der Waals surface area contributed by atoms with E-state index < -0.39 is 0 Å². The van der Waals surface area contributed by atoms with Gasteiger partial charge in [-0.2, -0.15) is 5.10 Å². The van der Waals surface area contributed by atoms with E-state index in [1.165, 1.54) is 6.42 Å². The highest BCUT2D eigenvalue weighted by Gasteiger charge is 2.19. The van der Waals surface area contributed by atoms with Crippen LogP contribution in [0.3, 0.4) is 0 Å². The summed E-state index contributed by atoms with van der Waals surface area (Å²) in [4.78, 5) is 4.23. The summed E-state index contributed by atoms with van der Waals surface area (Å²) in [5.41, 5.74) is 4.10. The molecule has 1 aliphatic heterocycles. The van der Waals surface area contributed by atoms with E-state index in [1.807, 2.05) is 36.1 Å². The number of anilines is 2. The van der Waals surface area contributed by atoms with Crippen molar-refractivity contribution in [1.29, 1.82) is 0 Å². The lowest BCUT2D eigenvalue weighted by Crippen LogP contribution is -2.18. The molecular weight excluding hydrogens is 368 g/mol. The fraction of sp³-hybridized carbons (Fsp3) is 0.333. The van der Waals surface area contributed by atoms with E-state index in [2.05, 4.69) is 43.5 Å². The average Bonchev–Trinajstić information content (AvgIpc) is 2.99. The van der Waals surface area contributed by atoms with Crippen molar-refractivity contribution in [3.63, 3.8) is 0 Å². The molecule has 1 aromatic carbocycles. The van der Waals surface area contributed by atoms with Gasteiger partial charge >= 0.3 is 0 Å². The molecule has 0 bridgehead atoms. The Morgan fingerprint density at radius 3 is 3.00 bits per heavy atom. The summed E-state index contributed by atoms with van der Waals surface area (Å²) >= 11 is 3.68. The highest BCUT2D eigenvalue weighted by Crippen LogP contribution is 2.33. The lowest BCUT2D eigenvalue weighted by Gasteiger charge is -2.23. The molecule has 1 aliphatic rings. The Kier molecular flexibility index (Phi) is 4.24. The van der Waals surface area contributed by atoms with Crippen molar-refractivity contribution in [2.75, 3.05) is 11.9 Å². The second-order valence-electron chi connectivity index (χ2n) is 6.11. The van der Waals surface area contributed by atoms with Gasteiger partial charge in [0.15, 0.2) is 6.23 Å². The number of hydrogen-bond acceptors (Lipinski definition) is 4. The van der Waals surface area contributed by atoms with E-state index in [4.69, 9.17) is 4.74 Å². The first-order valence-corrected chi connectivity index (χ1v) is 8.98. The van der Waals surface area contributed by atoms with Gasteiger partial charge in [0.05, 0.1) is 17.4 Å². The molecule has 1 atom stereocenters. The van der Waals surface area contributed by atoms with Crippen LogP contribution in [0, 0.1) is 6.92 Å². The van der Waals surface area contributed by atoms with E-state index in [0.29, 0.717) is 0 Å². The Hall–Kier alpha value is -1.92. The molecule has 6 heteroatoms. The van der Waals surface area contributed by atoms with Crippen LogP contribution in [-0.2, 0) is 4.74 Å². The summed E-state index contributed by atoms with van der Waals surface area (Å²) in [6, 6.07) is 8.21. The number of fused-ring (bicyclic) bond motifs is 1. The highest BCUT2D eigenvalue weighted by atomic mass is 79.9. The highest BCUT2D eigenvalue weighted by molar-refractivity contribution is 9.10. The first-order valence-electron chi connectivity index (χ1n) is 8.19. The topological polar surface area (TPSA) is 52.0 Å². The standard InChI is InChI=1S/C18H19BrN4O/c1-12-8-14(5-6-20-12)22-16-9-13-11-21-23(17(13)10-15(16)19)18-4-2-3-7-24-18/h5-6,8-11,18H,2-4,7H2,1H3,(H,20,22). The molecule has 3 heterocycles. The molecular formula is C18H19BrN4O. The molecule has 5 nitrogen and oxygen atoms in total. The number of nitrogens with one attached hydrogen (secondary N) is 1. The predicted octanol–water partition coefficient (Wildman–Crippen LogP) is 4.94. The molecule has 1 unspecified atom stereocenters. The number of aromatic nitrogens is 3. The lowest BCUT2D eigenvalue weighted by atomic mass is 10.2. The quantitative estimate of drug-likeness (QED) is 0.691. The summed E-state index contributed by atoms with van der Waals surface area (Å²) in [6.07, 6.45) is 7.10. The lowest BCUT2D eigenvalue weighted by molar-refractivity contribution is -0.0366. The molecule has 1 N–H and O–H groups in total. The Balaban J connectivity index is 1.68. The number of pyridine rings is 1. The molecule has 2 aromatic heterocycles. The average molecular weight is 387 g/mol. The number of nitrogens with zero attached hydrogens (tertiary/aromatic N) is 3. The fourth-order valence-electron chi connectivity index (χ4n) is 3.09.